The first-order valence-corrected chi connectivity index (χ1v) is 10.9. The quantitative estimate of drug-likeness (QED) is 0.408. The van der Waals surface area contributed by atoms with Crippen molar-refractivity contribution in [2.45, 2.75) is 25.7 Å². The molecule has 1 aliphatic heterocycles. The molecule has 3 heterocycles. The highest BCUT2D eigenvalue weighted by Gasteiger charge is 2.33. The van der Waals surface area contributed by atoms with Crippen molar-refractivity contribution in [1.82, 2.24) is 14.1 Å². The molecule has 4 aromatic rings. The first kappa shape index (κ1) is 22.3. The molecule has 0 unspecified atom stereocenters. The molecule has 0 spiro atoms. The maximum Gasteiger partial charge on any atom is 0.406 e. The molecule has 2 aromatic carbocycles. The zero-order chi connectivity index (χ0) is 24.0. The van der Waals surface area contributed by atoms with E-state index in [0.717, 1.165) is 21.2 Å². The number of aliphatic hydroxyl groups excluding tert-OH is 1. The average molecular weight is 472 g/mol. The number of anilines is 1. The van der Waals surface area contributed by atoms with E-state index in [9.17, 15) is 23.1 Å². The van der Waals surface area contributed by atoms with Crippen molar-refractivity contribution in [3.8, 4) is 17.3 Å². The Morgan fingerprint density at radius 3 is 2.71 bits per heavy atom. The number of alkyl halides is 3. The van der Waals surface area contributed by atoms with E-state index in [2.05, 4.69) is 9.88 Å². The lowest BCUT2D eigenvalue weighted by atomic mass is 10.1. The minimum absolute atomic E-state index is 0.0881. The van der Waals surface area contributed by atoms with Crippen molar-refractivity contribution in [1.29, 1.82) is 0 Å². The molecule has 0 bridgehead atoms. The smallest absolute Gasteiger partial charge is 0.406 e. The van der Waals surface area contributed by atoms with Gasteiger partial charge in [0.25, 0.3) is 0 Å². The molecule has 0 radical (unpaired) electrons. The Kier molecular flexibility index (Phi) is 5.47. The number of halogens is 3. The Morgan fingerprint density at radius 1 is 1.18 bits per heavy atom. The van der Waals surface area contributed by atoms with Gasteiger partial charge in [-0.25, -0.2) is 4.98 Å². The molecule has 34 heavy (non-hydrogen) atoms. The summed E-state index contributed by atoms with van der Waals surface area (Å²) in [5.41, 5.74) is 3.20. The molecular formula is C24H23F3N4O3. The van der Waals surface area contributed by atoms with Crippen LogP contribution in [0.25, 0.3) is 33.5 Å². The summed E-state index contributed by atoms with van der Waals surface area (Å²) in [5, 5.41) is 10.1. The van der Waals surface area contributed by atoms with Crippen LogP contribution in [0, 0.1) is 0 Å². The number of aromatic nitrogens is 3. The third-order valence-electron chi connectivity index (χ3n) is 6.17. The van der Waals surface area contributed by atoms with Gasteiger partial charge in [0, 0.05) is 37.2 Å². The molecule has 0 aliphatic carbocycles. The number of fused-ring (bicyclic) bond motifs is 1. The van der Waals surface area contributed by atoms with E-state index >= 15 is 0 Å². The van der Waals surface area contributed by atoms with Crippen molar-refractivity contribution in [2.24, 2.45) is 0 Å². The van der Waals surface area contributed by atoms with Crippen LogP contribution in [-0.4, -0.2) is 58.5 Å². The second-order valence-electron chi connectivity index (χ2n) is 8.31. The van der Waals surface area contributed by atoms with Gasteiger partial charge in [0.05, 0.1) is 29.5 Å². The summed E-state index contributed by atoms with van der Waals surface area (Å²) in [7, 11) is 1.36. The Morgan fingerprint density at radius 2 is 2.00 bits per heavy atom. The highest BCUT2D eigenvalue weighted by atomic mass is 19.4. The van der Waals surface area contributed by atoms with E-state index in [0.29, 0.717) is 38.0 Å². The van der Waals surface area contributed by atoms with Gasteiger partial charge >= 0.3 is 6.18 Å². The van der Waals surface area contributed by atoms with Crippen molar-refractivity contribution in [2.75, 3.05) is 31.7 Å². The molecule has 5 rings (SSSR count). The second-order valence-corrected chi connectivity index (χ2v) is 8.31. The maximum atomic E-state index is 13.7. The zero-order valence-corrected chi connectivity index (χ0v) is 18.5. The summed E-state index contributed by atoms with van der Waals surface area (Å²) in [4.78, 5) is 18.1. The van der Waals surface area contributed by atoms with Crippen LogP contribution in [0.5, 0.6) is 5.75 Å². The highest BCUT2D eigenvalue weighted by Crippen LogP contribution is 2.40. The lowest BCUT2D eigenvalue weighted by molar-refractivity contribution is -0.139. The van der Waals surface area contributed by atoms with Crippen LogP contribution in [0.15, 0.2) is 36.4 Å². The van der Waals surface area contributed by atoms with E-state index in [1.54, 1.807) is 0 Å². The lowest BCUT2D eigenvalue weighted by Gasteiger charge is -2.31. The van der Waals surface area contributed by atoms with Crippen LogP contribution in [0.2, 0.25) is 0 Å². The SMILES string of the molecule is COc1cc(C=O)cc2nc(-c3cc4cccc5c4n3CCN5CCCO)n(CC(F)(F)F)c12. The minimum Gasteiger partial charge on any atom is -0.494 e. The van der Waals surface area contributed by atoms with Gasteiger partial charge in [0.2, 0.25) is 0 Å². The summed E-state index contributed by atoms with van der Waals surface area (Å²) < 4.78 is 49.5. The number of aldehydes is 1. The molecule has 10 heteroatoms. The number of methoxy groups -OCH3 is 1. The van der Waals surface area contributed by atoms with Gasteiger partial charge < -0.3 is 23.9 Å². The van der Waals surface area contributed by atoms with Crippen LogP contribution in [0.3, 0.4) is 0 Å². The zero-order valence-electron chi connectivity index (χ0n) is 18.5. The molecule has 0 saturated carbocycles. The number of para-hydroxylation sites is 1. The van der Waals surface area contributed by atoms with Gasteiger partial charge in [-0.05, 0) is 30.7 Å². The highest BCUT2D eigenvalue weighted by molar-refractivity contribution is 5.98. The van der Waals surface area contributed by atoms with E-state index in [-0.39, 0.29) is 34.8 Å². The Labute approximate surface area is 193 Å². The molecule has 0 saturated heterocycles. The number of carbonyl (C=O) groups is 1. The Bertz CT molecular complexity index is 1390. The molecule has 7 nitrogen and oxygen atoms in total. The number of hydrogen-bond donors (Lipinski definition) is 1. The van der Waals surface area contributed by atoms with E-state index in [1.165, 1.54) is 19.2 Å². The number of rotatable bonds is 7. The number of imidazole rings is 1. The summed E-state index contributed by atoms with van der Waals surface area (Å²) in [6, 6.07) is 10.6. The normalized spacial score (nSPS) is 13.7. The minimum atomic E-state index is -4.49. The second kappa shape index (κ2) is 8.35. The van der Waals surface area contributed by atoms with E-state index in [1.807, 2.05) is 28.8 Å². The Balaban J connectivity index is 1.77. The predicted molar refractivity (Wildman–Crippen MR) is 123 cm³/mol. The largest absolute Gasteiger partial charge is 0.494 e. The first-order valence-electron chi connectivity index (χ1n) is 10.9. The number of carbonyl (C=O) groups excluding carboxylic acids is 1. The van der Waals surface area contributed by atoms with Crippen LogP contribution < -0.4 is 9.64 Å². The summed E-state index contributed by atoms with van der Waals surface area (Å²) in [5.74, 6) is 0.327. The number of benzene rings is 2. The number of hydrogen-bond acceptors (Lipinski definition) is 5. The first-order chi connectivity index (χ1) is 16.3. The summed E-state index contributed by atoms with van der Waals surface area (Å²) in [6.45, 7) is 0.755. The molecule has 1 aliphatic rings. The van der Waals surface area contributed by atoms with Gasteiger partial charge in [-0.3, -0.25) is 4.79 Å². The number of nitrogens with zero attached hydrogens (tertiary/aromatic N) is 4. The fourth-order valence-electron chi connectivity index (χ4n) is 4.82. The van der Waals surface area contributed by atoms with Gasteiger partial charge in [0.1, 0.15) is 24.1 Å². The van der Waals surface area contributed by atoms with Gasteiger partial charge in [0.15, 0.2) is 5.82 Å². The predicted octanol–water partition coefficient (Wildman–Crippen LogP) is 4.24. The summed E-state index contributed by atoms with van der Waals surface area (Å²) in [6.07, 6.45) is -3.24. The van der Waals surface area contributed by atoms with Crippen LogP contribution in [0.1, 0.15) is 16.8 Å². The molecule has 2 aromatic heterocycles. The number of aliphatic hydroxyl groups is 1. The third-order valence-corrected chi connectivity index (χ3v) is 6.17. The van der Waals surface area contributed by atoms with Gasteiger partial charge in [-0.15, -0.1) is 0 Å². The number of ether oxygens (including phenoxy) is 1. The van der Waals surface area contributed by atoms with Crippen molar-refractivity contribution >= 4 is 33.9 Å². The van der Waals surface area contributed by atoms with Crippen LogP contribution in [0.4, 0.5) is 18.9 Å². The van der Waals surface area contributed by atoms with Crippen LogP contribution in [-0.2, 0) is 13.1 Å². The molecule has 1 N–H and O–H groups in total. The molecular weight excluding hydrogens is 449 g/mol. The molecule has 178 valence electrons. The summed E-state index contributed by atoms with van der Waals surface area (Å²) >= 11 is 0. The fraction of sp³-hybridized carbons (Fsp3) is 0.333. The topological polar surface area (TPSA) is 72.5 Å². The Hall–Kier alpha value is -3.53. The fourth-order valence-corrected chi connectivity index (χ4v) is 4.82. The van der Waals surface area contributed by atoms with Gasteiger partial charge in [-0.2, -0.15) is 13.2 Å². The molecule has 0 atom stereocenters. The lowest BCUT2D eigenvalue weighted by Crippen LogP contribution is -2.33. The van der Waals surface area contributed by atoms with E-state index in [4.69, 9.17) is 4.74 Å². The molecule has 0 amide bonds. The standard InChI is InChI=1S/C24H23F3N4O3/c1-34-20-11-15(13-33)10-17-22(20)31(14-24(25,26)27)23(28-17)19-12-16-4-2-5-18-21(16)30(19)8-7-29(18)6-3-9-32/h2,4-5,10-13,32H,3,6-9,14H2,1H3. The third kappa shape index (κ3) is 3.67. The van der Waals surface area contributed by atoms with E-state index < -0.39 is 12.7 Å². The average Bonchev–Trinajstić information content (AvgIpc) is 3.36. The monoisotopic (exact) mass is 472 g/mol. The van der Waals surface area contributed by atoms with Crippen molar-refractivity contribution in [3.63, 3.8) is 0 Å². The van der Waals surface area contributed by atoms with Crippen LogP contribution >= 0.6 is 0 Å². The van der Waals surface area contributed by atoms with Crippen molar-refractivity contribution in [3.05, 3.63) is 42.0 Å². The van der Waals surface area contributed by atoms with Gasteiger partial charge in [-0.1, -0.05) is 12.1 Å². The maximum absolute atomic E-state index is 13.7. The molecule has 0 fully saturated rings. The van der Waals surface area contributed by atoms with Crippen molar-refractivity contribution < 1.29 is 27.8 Å².